The smallest absolute Gasteiger partial charge is 0.436 e. The fourth-order valence-corrected chi connectivity index (χ4v) is 5.42. The molecule has 0 saturated carbocycles. The van der Waals surface area contributed by atoms with Gasteiger partial charge >= 0.3 is 6.09 Å². The van der Waals surface area contributed by atoms with Gasteiger partial charge in [-0.1, -0.05) is 42.5 Å². The van der Waals surface area contributed by atoms with Crippen LogP contribution in [0.5, 0.6) is 0 Å². The van der Waals surface area contributed by atoms with Crippen molar-refractivity contribution in [2.24, 2.45) is 7.05 Å². The van der Waals surface area contributed by atoms with Crippen LogP contribution in [0.2, 0.25) is 0 Å². The highest BCUT2D eigenvalue weighted by molar-refractivity contribution is 7.20. The van der Waals surface area contributed by atoms with E-state index in [2.05, 4.69) is 26.0 Å². The van der Waals surface area contributed by atoms with Crippen molar-refractivity contribution in [1.82, 2.24) is 24.6 Å². The molecule has 3 N–H and O–H groups in total. The number of fused-ring (bicyclic) bond motifs is 1. The topological polar surface area (TPSA) is 149 Å². The van der Waals surface area contributed by atoms with E-state index in [1.54, 1.807) is 55.1 Å². The minimum atomic E-state index is -0.755. The maximum atomic E-state index is 13.5. The van der Waals surface area contributed by atoms with Crippen molar-refractivity contribution < 1.29 is 23.9 Å². The van der Waals surface area contributed by atoms with E-state index in [4.69, 9.17) is 4.74 Å². The molecule has 220 valence electrons. The second-order valence-corrected chi connectivity index (χ2v) is 11.1. The molecule has 0 unspecified atom stereocenters. The number of hydrogen-bond donors (Lipinski definition) is 3. The number of nitrogens with one attached hydrogen (secondary N) is 3. The lowest BCUT2D eigenvalue weighted by Gasteiger charge is -2.26. The number of amides is 3. The number of aryl methyl sites for hydroxylation is 1. The van der Waals surface area contributed by atoms with Crippen LogP contribution in [0.1, 0.15) is 57.0 Å². The van der Waals surface area contributed by atoms with Crippen LogP contribution >= 0.6 is 11.3 Å². The van der Waals surface area contributed by atoms with Crippen LogP contribution in [-0.4, -0.2) is 49.8 Å². The van der Waals surface area contributed by atoms with Crippen molar-refractivity contribution in [2.45, 2.75) is 26.3 Å². The maximum Gasteiger partial charge on any atom is 0.436 e. The number of hydrogen-bond acceptors (Lipinski definition) is 8. The number of carbonyl (C=O) groups is 4. The highest BCUT2D eigenvalue weighted by Gasteiger charge is 2.28. The van der Waals surface area contributed by atoms with E-state index in [0.717, 1.165) is 21.6 Å². The zero-order chi connectivity index (χ0) is 30.7. The lowest BCUT2D eigenvalue weighted by Crippen LogP contribution is -2.40. The first-order chi connectivity index (χ1) is 20.6. The van der Waals surface area contributed by atoms with Crippen LogP contribution < -0.4 is 16.0 Å². The molecule has 3 aromatic heterocycles. The zero-order valence-corrected chi connectivity index (χ0v) is 24.7. The van der Waals surface area contributed by atoms with Gasteiger partial charge in [0.15, 0.2) is 11.6 Å². The summed E-state index contributed by atoms with van der Waals surface area (Å²) in [5.41, 5.74) is 0.648. The highest BCUT2D eigenvalue weighted by atomic mass is 32.1. The number of ether oxygens (including phenoxy) is 1. The summed E-state index contributed by atoms with van der Waals surface area (Å²) < 4.78 is 7.73. The molecule has 0 saturated heterocycles. The summed E-state index contributed by atoms with van der Waals surface area (Å²) in [6, 6.07) is 17.6. The minimum absolute atomic E-state index is 0.0518. The summed E-state index contributed by atoms with van der Waals surface area (Å²) in [4.78, 5) is 57.0. The van der Waals surface area contributed by atoms with Crippen molar-refractivity contribution in [2.75, 3.05) is 17.2 Å². The fourth-order valence-electron chi connectivity index (χ4n) is 4.42. The summed E-state index contributed by atoms with van der Waals surface area (Å²) in [7, 11) is 1.68. The molecule has 0 aliphatic carbocycles. The standard InChI is InChI=1S/C30H29N7O5S/c1-5-42-29(41)37-28-20(17-22(43-28)26(39)34-30(2,3)18-11-7-6-8-12-18)23(35-37)33-25(38)19-13-9-10-14-21(19)32-27(40)24-31-15-16-36(24)4/h6-17H,5H2,1-4H3,(H,32,40)(H,34,39)(H,33,35,38). The van der Waals surface area contributed by atoms with Crippen LogP contribution in [0, 0.1) is 0 Å². The van der Waals surface area contributed by atoms with Crippen LogP contribution in [0.25, 0.3) is 10.2 Å². The summed E-state index contributed by atoms with van der Waals surface area (Å²) in [5.74, 6) is -1.21. The van der Waals surface area contributed by atoms with Crippen LogP contribution in [0.4, 0.5) is 16.3 Å². The third kappa shape index (κ3) is 6.02. The molecule has 0 spiro atoms. The molecule has 0 atom stereocenters. The Morgan fingerprint density at radius 1 is 0.953 bits per heavy atom. The van der Waals surface area contributed by atoms with E-state index in [-0.39, 0.29) is 35.4 Å². The molecule has 0 aliphatic rings. The van der Waals surface area contributed by atoms with Gasteiger partial charge in [-0.3, -0.25) is 14.4 Å². The van der Waals surface area contributed by atoms with Crippen molar-refractivity contribution in [1.29, 1.82) is 0 Å². The Hall–Kier alpha value is -5.30. The van der Waals surface area contributed by atoms with Gasteiger partial charge in [-0.25, -0.2) is 9.78 Å². The van der Waals surface area contributed by atoms with Crippen molar-refractivity contribution in [3.05, 3.63) is 94.9 Å². The lowest BCUT2D eigenvalue weighted by molar-refractivity contribution is 0.0915. The highest BCUT2D eigenvalue weighted by Crippen LogP contribution is 2.33. The lowest BCUT2D eigenvalue weighted by atomic mass is 9.94. The molecule has 3 heterocycles. The number of nitrogens with zero attached hydrogens (tertiary/aromatic N) is 4. The first kappa shape index (κ1) is 29.2. The number of benzene rings is 2. The predicted octanol–water partition coefficient (Wildman–Crippen LogP) is 5.01. The largest absolute Gasteiger partial charge is 0.448 e. The number of para-hydroxylation sites is 1. The number of aromatic nitrogens is 4. The normalized spacial score (nSPS) is 11.3. The Morgan fingerprint density at radius 2 is 1.67 bits per heavy atom. The first-order valence-corrected chi connectivity index (χ1v) is 14.2. The molecule has 2 aromatic carbocycles. The molecule has 0 bridgehead atoms. The van der Waals surface area contributed by atoms with Crippen molar-refractivity contribution >= 4 is 56.9 Å². The van der Waals surface area contributed by atoms with Gasteiger partial charge in [0.25, 0.3) is 17.7 Å². The third-order valence-electron chi connectivity index (χ3n) is 6.62. The average molecular weight is 600 g/mol. The maximum absolute atomic E-state index is 13.5. The fraction of sp³-hybridized carbons (Fsp3) is 0.200. The second kappa shape index (κ2) is 11.9. The summed E-state index contributed by atoms with van der Waals surface area (Å²) in [6.07, 6.45) is 2.38. The first-order valence-electron chi connectivity index (χ1n) is 13.4. The van der Waals surface area contributed by atoms with Crippen molar-refractivity contribution in [3.8, 4) is 0 Å². The molecule has 13 heteroatoms. The van der Waals surface area contributed by atoms with Gasteiger partial charge in [-0.15, -0.1) is 16.4 Å². The van der Waals surface area contributed by atoms with E-state index >= 15 is 0 Å². The Kier molecular flexibility index (Phi) is 8.08. The number of imidazole rings is 1. The monoisotopic (exact) mass is 599 g/mol. The van der Waals surface area contributed by atoms with Crippen molar-refractivity contribution in [3.63, 3.8) is 0 Å². The molecule has 0 aliphatic heterocycles. The van der Waals surface area contributed by atoms with Crippen LogP contribution in [0.3, 0.4) is 0 Å². The SMILES string of the molecule is CCOC(=O)n1nc(NC(=O)c2ccccc2NC(=O)c2nccn2C)c2cc(C(=O)NC(C)(C)c3ccccc3)sc21. The number of anilines is 2. The number of rotatable bonds is 8. The van der Waals surface area contributed by atoms with Gasteiger partial charge in [-0.2, -0.15) is 4.68 Å². The Balaban J connectivity index is 1.45. The molecular formula is C30H29N7O5S. The Morgan fingerprint density at radius 3 is 2.37 bits per heavy atom. The number of carbonyl (C=O) groups excluding carboxylic acids is 4. The summed E-state index contributed by atoms with van der Waals surface area (Å²) in [5, 5.41) is 13.1. The average Bonchev–Trinajstić information content (AvgIpc) is 3.70. The third-order valence-corrected chi connectivity index (χ3v) is 7.73. The predicted molar refractivity (Wildman–Crippen MR) is 163 cm³/mol. The molecule has 0 radical (unpaired) electrons. The van der Waals surface area contributed by atoms with Gasteiger partial charge in [0.2, 0.25) is 0 Å². The molecular weight excluding hydrogens is 570 g/mol. The van der Waals surface area contributed by atoms with E-state index < -0.39 is 23.4 Å². The van der Waals surface area contributed by atoms with Gasteiger partial charge in [0.1, 0.15) is 4.83 Å². The molecule has 3 amide bonds. The van der Waals surface area contributed by atoms with E-state index in [1.807, 2.05) is 44.2 Å². The Bertz CT molecular complexity index is 1840. The van der Waals surface area contributed by atoms with E-state index in [9.17, 15) is 19.2 Å². The van der Waals surface area contributed by atoms with Gasteiger partial charge < -0.3 is 25.3 Å². The van der Waals surface area contributed by atoms with Gasteiger partial charge in [-0.05, 0) is 44.5 Å². The molecule has 5 aromatic rings. The van der Waals surface area contributed by atoms with E-state index in [1.165, 1.54) is 6.20 Å². The zero-order valence-electron chi connectivity index (χ0n) is 23.9. The van der Waals surface area contributed by atoms with Gasteiger partial charge in [0.05, 0.1) is 33.7 Å². The number of thiophene rings is 1. The van der Waals surface area contributed by atoms with Gasteiger partial charge in [0, 0.05) is 19.4 Å². The molecule has 12 nitrogen and oxygen atoms in total. The molecule has 43 heavy (non-hydrogen) atoms. The molecule has 5 rings (SSSR count). The molecule has 0 fully saturated rings. The second-order valence-electron chi connectivity index (χ2n) is 10.0. The summed E-state index contributed by atoms with van der Waals surface area (Å²) in [6.45, 7) is 5.55. The minimum Gasteiger partial charge on any atom is -0.448 e. The van der Waals surface area contributed by atoms with Crippen LogP contribution in [0.15, 0.2) is 73.1 Å². The quantitative estimate of drug-likeness (QED) is 0.227. The van der Waals surface area contributed by atoms with E-state index in [0.29, 0.717) is 15.1 Å². The van der Waals surface area contributed by atoms with Crippen LogP contribution in [-0.2, 0) is 17.3 Å². The summed E-state index contributed by atoms with van der Waals surface area (Å²) >= 11 is 1.05. The Labute approximate surface area is 250 Å².